The van der Waals surface area contributed by atoms with Crippen molar-refractivity contribution >= 4 is 33.0 Å². The zero-order chi connectivity index (χ0) is 23.1. The van der Waals surface area contributed by atoms with Gasteiger partial charge in [-0.2, -0.15) is 13.2 Å². The molecule has 3 aromatic rings. The number of aromatic nitrogens is 1. The monoisotopic (exact) mass is 454 g/mol. The van der Waals surface area contributed by atoms with Crippen LogP contribution in [0.1, 0.15) is 46.3 Å². The van der Waals surface area contributed by atoms with E-state index in [1.165, 1.54) is 33.5 Å². The third-order valence-electron chi connectivity index (χ3n) is 4.75. The average molecular weight is 454 g/mol. The van der Waals surface area contributed by atoms with Crippen molar-refractivity contribution in [3.63, 3.8) is 0 Å². The molecule has 2 heterocycles. The Morgan fingerprint density at radius 3 is 2.10 bits per heavy atom. The number of fused-ring (bicyclic) bond motifs is 1. The van der Waals surface area contributed by atoms with E-state index in [1.807, 2.05) is 0 Å². The summed E-state index contributed by atoms with van der Waals surface area (Å²) in [6.45, 7) is 3.49. The molecule has 6 nitrogen and oxygen atoms in total. The first-order chi connectivity index (χ1) is 14.5. The van der Waals surface area contributed by atoms with Crippen molar-refractivity contribution in [1.82, 2.24) is 4.98 Å². The van der Waals surface area contributed by atoms with Crippen LogP contribution in [0.2, 0.25) is 0 Å². The van der Waals surface area contributed by atoms with E-state index in [1.54, 1.807) is 13.8 Å². The van der Waals surface area contributed by atoms with Crippen LogP contribution in [0.3, 0.4) is 0 Å². The number of ether oxygens (including phenoxy) is 3. The number of nitrogens with zero attached hydrogens (tertiary/aromatic N) is 1. The van der Waals surface area contributed by atoms with Crippen LogP contribution in [0.15, 0.2) is 18.2 Å². The molecule has 0 bridgehead atoms. The quantitative estimate of drug-likeness (QED) is 0.511. The Morgan fingerprint density at radius 2 is 1.65 bits per heavy atom. The van der Waals surface area contributed by atoms with E-state index >= 15 is 0 Å². The third kappa shape index (κ3) is 3.99. The molecule has 166 valence electrons. The van der Waals surface area contributed by atoms with Crippen LogP contribution in [0.25, 0.3) is 10.2 Å². The Morgan fingerprint density at radius 1 is 1.06 bits per heavy atom. The summed E-state index contributed by atoms with van der Waals surface area (Å²) in [5, 5.41) is -0.266. The predicted molar refractivity (Wildman–Crippen MR) is 113 cm³/mol. The second kappa shape index (κ2) is 8.26. The lowest BCUT2D eigenvalue weighted by molar-refractivity contribution is -0.136. The number of nitrogen functional groups attached to an aromatic ring is 1. The smallest absolute Gasteiger partial charge is 0.417 e. The molecule has 3 rings (SSSR count). The number of benzene rings is 1. The molecule has 0 unspecified atom stereocenters. The van der Waals surface area contributed by atoms with E-state index in [0.29, 0.717) is 0 Å². The minimum atomic E-state index is -4.65. The molecule has 1 aromatic carbocycles. The fraction of sp³-hybridized carbons (Fsp3) is 0.333. The second-order valence-corrected chi connectivity index (χ2v) is 8.01. The highest BCUT2D eigenvalue weighted by atomic mass is 32.1. The summed E-state index contributed by atoms with van der Waals surface area (Å²) in [6.07, 6.45) is -4.65. The lowest BCUT2D eigenvalue weighted by Crippen LogP contribution is -2.09. The largest absolute Gasteiger partial charge is 0.493 e. The van der Waals surface area contributed by atoms with Gasteiger partial charge in [0.25, 0.3) is 0 Å². The molecule has 2 aromatic heterocycles. The molecule has 10 heteroatoms. The predicted octanol–water partition coefficient (Wildman–Crippen LogP) is 5.28. The van der Waals surface area contributed by atoms with Crippen molar-refractivity contribution in [3.8, 4) is 17.2 Å². The highest BCUT2D eigenvalue weighted by Crippen LogP contribution is 2.44. The van der Waals surface area contributed by atoms with Crippen LogP contribution in [0, 0.1) is 0 Å². The zero-order valence-electron chi connectivity index (χ0n) is 17.5. The van der Waals surface area contributed by atoms with Gasteiger partial charge in [0.1, 0.15) is 9.71 Å². The molecule has 2 N–H and O–H groups in total. The first-order valence-electron chi connectivity index (χ1n) is 9.18. The maximum atomic E-state index is 13.7. The summed E-state index contributed by atoms with van der Waals surface area (Å²) < 4.78 is 57.0. The number of anilines is 1. The summed E-state index contributed by atoms with van der Waals surface area (Å²) in [7, 11) is 4.21. The van der Waals surface area contributed by atoms with Gasteiger partial charge >= 0.3 is 6.18 Å². The number of hydrogen-bond donors (Lipinski definition) is 1. The van der Waals surface area contributed by atoms with E-state index in [2.05, 4.69) is 4.98 Å². The van der Waals surface area contributed by atoms with Gasteiger partial charge in [-0.15, -0.1) is 11.3 Å². The number of carbonyl (C=O) groups excluding carboxylic acids is 1. The topological polar surface area (TPSA) is 83.7 Å². The molecular weight excluding hydrogens is 433 g/mol. The van der Waals surface area contributed by atoms with Gasteiger partial charge in [-0.25, -0.2) is 4.98 Å². The molecule has 0 saturated carbocycles. The van der Waals surface area contributed by atoms with Gasteiger partial charge in [-0.05, 0) is 24.1 Å². The van der Waals surface area contributed by atoms with Crippen LogP contribution in [0.4, 0.5) is 18.9 Å². The number of carbonyl (C=O) groups is 1. The number of rotatable bonds is 6. The fourth-order valence-corrected chi connectivity index (χ4v) is 4.26. The molecule has 0 aliphatic carbocycles. The summed E-state index contributed by atoms with van der Waals surface area (Å²) >= 11 is 0.827. The van der Waals surface area contributed by atoms with Gasteiger partial charge in [0.15, 0.2) is 11.5 Å². The number of halogens is 3. The minimum Gasteiger partial charge on any atom is -0.493 e. The number of alkyl halides is 3. The summed E-state index contributed by atoms with van der Waals surface area (Å²) in [5.74, 6) is -0.0438. The van der Waals surface area contributed by atoms with Crippen molar-refractivity contribution in [1.29, 1.82) is 0 Å². The van der Waals surface area contributed by atoms with E-state index in [0.717, 1.165) is 17.4 Å². The Labute approximate surface area is 180 Å². The first kappa shape index (κ1) is 22.7. The first-order valence-corrected chi connectivity index (χ1v) is 9.99. The molecule has 0 saturated heterocycles. The zero-order valence-corrected chi connectivity index (χ0v) is 18.3. The van der Waals surface area contributed by atoms with Gasteiger partial charge in [0.2, 0.25) is 11.5 Å². The SMILES string of the molecule is COc1cc(C(=O)c2sc3nc(C(C)C)cc(C(F)(F)F)c3c2N)cc(OC)c1OC. The van der Waals surface area contributed by atoms with Gasteiger partial charge in [0, 0.05) is 16.6 Å². The fourth-order valence-electron chi connectivity index (χ4n) is 3.17. The molecule has 0 aliphatic rings. The van der Waals surface area contributed by atoms with Crippen molar-refractivity contribution in [3.05, 3.63) is 39.9 Å². The third-order valence-corrected chi connectivity index (χ3v) is 5.85. The van der Waals surface area contributed by atoms with E-state index in [-0.39, 0.29) is 55.2 Å². The molecule has 31 heavy (non-hydrogen) atoms. The summed E-state index contributed by atoms with van der Waals surface area (Å²) in [5.41, 5.74) is 5.30. The van der Waals surface area contributed by atoms with Crippen LogP contribution in [-0.4, -0.2) is 32.1 Å². The van der Waals surface area contributed by atoms with Gasteiger partial charge in [-0.1, -0.05) is 13.8 Å². The van der Waals surface area contributed by atoms with Crippen LogP contribution in [0.5, 0.6) is 17.2 Å². The van der Waals surface area contributed by atoms with E-state index in [9.17, 15) is 18.0 Å². The number of pyridine rings is 1. The van der Waals surface area contributed by atoms with Crippen LogP contribution >= 0.6 is 11.3 Å². The number of nitrogens with two attached hydrogens (primary N) is 1. The van der Waals surface area contributed by atoms with Crippen molar-refractivity contribution in [2.24, 2.45) is 0 Å². The lowest BCUT2D eigenvalue weighted by atomic mass is 10.0. The molecule has 0 amide bonds. The second-order valence-electron chi connectivity index (χ2n) is 7.02. The van der Waals surface area contributed by atoms with Crippen molar-refractivity contribution in [2.45, 2.75) is 25.9 Å². The Hall–Kier alpha value is -3.01. The molecule has 0 radical (unpaired) electrons. The van der Waals surface area contributed by atoms with Crippen molar-refractivity contribution < 1.29 is 32.2 Å². The lowest BCUT2D eigenvalue weighted by Gasteiger charge is -2.13. The number of methoxy groups -OCH3 is 3. The summed E-state index contributed by atoms with van der Waals surface area (Å²) in [4.78, 5) is 17.6. The Bertz CT molecular complexity index is 1130. The van der Waals surface area contributed by atoms with E-state index < -0.39 is 17.5 Å². The standard InChI is InChI=1S/C21H21F3N2O4S/c1-9(2)12-8-11(21(22,23)24)15-16(25)19(31-20(15)26-12)17(27)10-6-13(28-3)18(30-5)14(7-10)29-4/h6-9H,25H2,1-5H3. The van der Waals surface area contributed by atoms with Gasteiger partial charge in [0.05, 0.1) is 32.6 Å². The molecule has 0 atom stereocenters. The molecule has 0 spiro atoms. The van der Waals surface area contributed by atoms with Gasteiger partial charge in [-0.3, -0.25) is 4.79 Å². The summed E-state index contributed by atoms with van der Waals surface area (Å²) in [6, 6.07) is 3.83. The van der Waals surface area contributed by atoms with E-state index in [4.69, 9.17) is 19.9 Å². The maximum absolute atomic E-state index is 13.7. The molecule has 0 aliphatic heterocycles. The number of thiophene rings is 1. The normalized spacial score (nSPS) is 11.8. The average Bonchev–Trinajstić information content (AvgIpc) is 3.06. The molecular formula is C21H21F3N2O4S. The highest BCUT2D eigenvalue weighted by molar-refractivity contribution is 7.21. The van der Waals surface area contributed by atoms with Gasteiger partial charge < -0.3 is 19.9 Å². The van der Waals surface area contributed by atoms with Crippen molar-refractivity contribution in [2.75, 3.05) is 27.1 Å². The Balaban J connectivity index is 2.24. The number of hydrogen-bond acceptors (Lipinski definition) is 7. The number of ketones is 1. The molecule has 0 fully saturated rings. The minimum absolute atomic E-state index is 0.0387. The highest BCUT2D eigenvalue weighted by Gasteiger charge is 2.36. The van der Waals surface area contributed by atoms with Crippen LogP contribution < -0.4 is 19.9 Å². The maximum Gasteiger partial charge on any atom is 0.417 e. The van der Waals surface area contributed by atoms with Crippen LogP contribution in [-0.2, 0) is 6.18 Å². The Kier molecular flexibility index (Phi) is 6.04.